The highest BCUT2D eigenvalue weighted by Gasteiger charge is 2.17. The summed E-state index contributed by atoms with van der Waals surface area (Å²) in [5, 5.41) is 13.4. The van der Waals surface area contributed by atoms with Crippen LogP contribution in [0.15, 0.2) is 53.7 Å². The number of benzene rings is 1. The molecular formula is C20H22N4O2S. The SMILES string of the molecule is CN1CCN(Sc2ccccc2-c2ccn3ncc(CC(=O)O)c3c2)CC1. The number of piperazine rings is 1. The van der Waals surface area contributed by atoms with Crippen LogP contribution in [0, 0.1) is 0 Å². The van der Waals surface area contributed by atoms with Gasteiger partial charge in [0.2, 0.25) is 0 Å². The van der Waals surface area contributed by atoms with Gasteiger partial charge < -0.3 is 10.0 Å². The summed E-state index contributed by atoms with van der Waals surface area (Å²) in [5.41, 5.74) is 3.81. The summed E-state index contributed by atoms with van der Waals surface area (Å²) in [5.74, 6) is -0.846. The van der Waals surface area contributed by atoms with Crippen LogP contribution in [0.1, 0.15) is 5.56 Å². The Morgan fingerprint density at radius 2 is 1.96 bits per heavy atom. The van der Waals surface area contributed by atoms with Gasteiger partial charge in [0.25, 0.3) is 0 Å². The molecule has 0 spiro atoms. The molecule has 1 aliphatic heterocycles. The smallest absolute Gasteiger partial charge is 0.307 e. The van der Waals surface area contributed by atoms with E-state index in [4.69, 9.17) is 5.11 Å². The predicted molar refractivity (Wildman–Crippen MR) is 107 cm³/mol. The fourth-order valence-corrected chi connectivity index (χ4v) is 4.35. The van der Waals surface area contributed by atoms with Gasteiger partial charge in [0.1, 0.15) is 0 Å². The van der Waals surface area contributed by atoms with Crippen molar-refractivity contribution in [1.82, 2.24) is 18.8 Å². The third kappa shape index (κ3) is 4.00. The number of hydrogen-bond acceptors (Lipinski definition) is 5. The lowest BCUT2D eigenvalue weighted by atomic mass is 10.1. The van der Waals surface area contributed by atoms with E-state index in [0.29, 0.717) is 0 Å². The largest absolute Gasteiger partial charge is 0.481 e. The van der Waals surface area contributed by atoms with Gasteiger partial charge in [-0.1, -0.05) is 18.2 Å². The van der Waals surface area contributed by atoms with E-state index in [2.05, 4.69) is 39.6 Å². The number of aliphatic carboxylic acids is 1. The summed E-state index contributed by atoms with van der Waals surface area (Å²) in [6, 6.07) is 12.5. The zero-order chi connectivity index (χ0) is 18.8. The van der Waals surface area contributed by atoms with E-state index in [-0.39, 0.29) is 6.42 Å². The van der Waals surface area contributed by atoms with Gasteiger partial charge in [-0.15, -0.1) is 0 Å². The van der Waals surface area contributed by atoms with Crippen LogP contribution < -0.4 is 0 Å². The Morgan fingerprint density at radius 1 is 1.19 bits per heavy atom. The lowest BCUT2D eigenvalue weighted by Crippen LogP contribution is -2.41. The topological polar surface area (TPSA) is 61.1 Å². The number of hydrogen-bond donors (Lipinski definition) is 1. The van der Waals surface area contributed by atoms with Crippen molar-refractivity contribution in [1.29, 1.82) is 0 Å². The highest BCUT2D eigenvalue weighted by Crippen LogP contribution is 2.34. The average molecular weight is 382 g/mol. The van der Waals surface area contributed by atoms with Crippen LogP contribution >= 0.6 is 11.9 Å². The molecule has 1 fully saturated rings. The van der Waals surface area contributed by atoms with E-state index in [0.717, 1.165) is 48.4 Å². The molecule has 0 radical (unpaired) electrons. The molecule has 0 unspecified atom stereocenters. The number of carbonyl (C=O) groups is 1. The van der Waals surface area contributed by atoms with Crippen molar-refractivity contribution in [2.75, 3.05) is 33.2 Å². The number of likely N-dealkylation sites (N-methyl/N-ethyl adjacent to an activating group) is 1. The molecule has 0 saturated carbocycles. The first kappa shape index (κ1) is 18.0. The minimum absolute atomic E-state index is 0.0232. The lowest BCUT2D eigenvalue weighted by Gasteiger charge is -2.31. The summed E-state index contributed by atoms with van der Waals surface area (Å²) in [4.78, 5) is 14.7. The van der Waals surface area contributed by atoms with Crippen LogP contribution in [-0.2, 0) is 11.2 Å². The molecule has 2 aromatic heterocycles. The molecule has 1 aromatic carbocycles. The molecule has 0 bridgehead atoms. The molecule has 140 valence electrons. The first-order chi connectivity index (χ1) is 13.1. The predicted octanol–water partition coefficient (Wildman–Crippen LogP) is 2.88. The Hall–Kier alpha value is -2.35. The van der Waals surface area contributed by atoms with E-state index >= 15 is 0 Å². The van der Waals surface area contributed by atoms with Crippen LogP contribution in [0.3, 0.4) is 0 Å². The van der Waals surface area contributed by atoms with Gasteiger partial charge in [-0.05, 0) is 48.3 Å². The molecule has 0 amide bonds. The highest BCUT2D eigenvalue weighted by atomic mass is 32.2. The van der Waals surface area contributed by atoms with Crippen LogP contribution in [0.25, 0.3) is 16.6 Å². The normalized spacial score (nSPS) is 16.0. The Kier molecular flexibility index (Phi) is 5.15. The summed E-state index contributed by atoms with van der Waals surface area (Å²) < 4.78 is 4.14. The Bertz CT molecular complexity index is 964. The van der Waals surface area contributed by atoms with Gasteiger partial charge in [-0.2, -0.15) is 5.10 Å². The van der Waals surface area contributed by atoms with Crippen molar-refractivity contribution < 1.29 is 9.90 Å². The van der Waals surface area contributed by atoms with Crippen molar-refractivity contribution in [2.45, 2.75) is 11.3 Å². The molecule has 0 atom stereocenters. The van der Waals surface area contributed by atoms with E-state index < -0.39 is 5.97 Å². The van der Waals surface area contributed by atoms with Gasteiger partial charge in [-0.25, -0.2) is 8.82 Å². The molecule has 1 aliphatic rings. The number of nitrogens with zero attached hydrogens (tertiary/aromatic N) is 4. The number of aromatic nitrogens is 2. The second-order valence-electron chi connectivity index (χ2n) is 6.81. The van der Waals surface area contributed by atoms with E-state index in [9.17, 15) is 4.79 Å². The maximum absolute atomic E-state index is 11.1. The third-order valence-electron chi connectivity index (χ3n) is 4.83. The summed E-state index contributed by atoms with van der Waals surface area (Å²) in [6.07, 6.45) is 3.51. The fraction of sp³-hybridized carbons (Fsp3) is 0.300. The quantitative estimate of drug-likeness (QED) is 0.685. The monoisotopic (exact) mass is 382 g/mol. The summed E-state index contributed by atoms with van der Waals surface area (Å²) in [6.45, 7) is 4.24. The van der Waals surface area contributed by atoms with Crippen LogP contribution in [0.5, 0.6) is 0 Å². The van der Waals surface area contributed by atoms with Crippen molar-refractivity contribution in [2.24, 2.45) is 0 Å². The second-order valence-corrected chi connectivity index (χ2v) is 7.94. The lowest BCUT2D eigenvalue weighted by molar-refractivity contribution is -0.136. The summed E-state index contributed by atoms with van der Waals surface area (Å²) in [7, 11) is 2.16. The molecule has 3 heterocycles. The molecule has 27 heavy (non-hydrogen) atoms. The van der Waals surface area contributed by atoms with Crippen molar-refractivity contribution >= 4 is 23.4 Å². The molecule has 1 N–H and O–H groups in total. The first-order valence-corrected chi connectivity index (χ1v) is 9.76. The van der Waals surface area contributed by atoms with Crippen LogP contribution in [0.4, 0.5) is 0 Å². The van der Waals surface area contributed by atoms with Gasteiger partial charge in [0, 0.05) is 42.8 Å². The fourth-order valence-electron chi connectivity index (χ4n) is 3.30. The molecule has 3 aromatic rings. The van der Waals surface area contributed by atoms with Crippen LogP contribution in [-0.4, -0.2) is 63.1 Å². The number of rotatable bonds is 5. The number of fused-ring (bicyclic) bond motifs is 1. The average Bonchev–Trinajstić information content (AvgIpc) is 3.05. The maximum Gasteiger partial charge on any atom is 0.307 e. The maximum atomic E-state index is 11.1. The molecule has 0 aliphatic carbocycles. The minimum atomic E-state index is -0.846. The minimum Gasteiger partial charge on any atom is -0.481 e. The molecular weight excluding hydrogens is 360 g/mol. The third-order valence-corrected chi connectivity index (χ3v) is 6.01. The first-order valence-electron chi connectivity index (χ1n) is 8.99. The highest BCUT2D eigenvalue weighted by molar-refractivity contribution is 7.97. The Balaban J connectivity index is 1.66. The number of carboxylic acids is 1. The molecule has 6 nitrogen and oxygen atoms in total. The molecule has 7 heteroatoms. The van der Waals surface area contributed by atoms with Gasteiger partial charge in [0.05, 0.1) is 18.1 Å². The van der Waals surface area contributed by atoms with Gasteiger partial charge in [0.15, 0.2) is 0 Å². The summed E-state index contributed by atoms with van der Waals surface area (Å²) >= 11 is 1.80. The van der Waals surface area contributed by atoms with Crippen LogP contribution in [0.2, 0.25) is 0 Å². The second kappa shape index (κ2) is 7.72. The van der Waals surface area contributed by atoms with Crippen molar-refractivity contribution in [3.8, 4) is 11.1 Å². The van der Waals surface area contributed by atoms with E-state index in [1.165, 1.54) is 4.90 Å². The van der Waals surface area contributed by atoms with Gasteiger partial charge in [-0.3, -0.25) is 4.79 Å². The molecule has 4 rings (SSSR count). The molecule has 1 saturated heterocycles. The number of pyridine rings is 1. The standard InChI is InChI=1S/C20H22N4O2S/c1-22-8-10-23(11-9-22)27-19-5-3-2-4-17(19)15-6-7-24-18(12-15)16(14-21-24)13-20(25)26/h2-7,12,14H,8-11,13H2,1H3,(H,25,26). The van der Waals surface area contributed by atoms with E-state index in [1.54, 1.807) is 22.7 Å². The Morgan fingerprint density at radius 3 is 2.74 bits per heavy atom. The Labute approximate surface area is 162 Å². The number of carboxylic acid groups (broad SMARTS) is 1. The van der Waals surface area contributed by atoms with Crippen molar-refractivity contribution in [3.63, 3.8) is 0 Å². The van der Waals surface area contributed by atoms with Gasteiger partial charge >= 0.3 is 5.97 Å². The van der Waals surface area contributed by atoms with E-state index in [1.807, 2.05) is 24.4 Å². The van der Waals surface area contributed by atoms with Crippen molar-refractivity contribution in [3.05, 3.63) is 54.4 Å². The zero-order valence-corrected chi connectivity index (χ0v) is 16.0. The zero-order valence-electron chi connectivity index (χ0n) is 15.2.